The first kappa shape index (κ1) is 73.4. The number of carboxylic acids is 1. The maximum atomic E-state index is 13.2. The molecule has 1 aliphatic heterocycles. The van der Waals surface area contributed by atoms with Gasteiger partial charge in [0.2, 0.25) is 0 Å². The minimum atomic E-state index is -1.91. The molecular formula is C67H116O12. The first-order valence-electron chi connectivity index (χ1n) is 32.3. The van der Waals surface area contributed by atoms with Crippen molar-refractivity contribution >= 4 is 23.9 Å². The Morgan fingerprint density at radius 2 is 0.797 bits per heavy atom. The van der Waals surface area contributed by atoms with Gasteiger partial charge in [-0.2, -0.15) is 0 Å². The number of aliphatic hydroxyl groups is 2. The molecular weight excluding hydrogens is 997 g/mol. The van der Waals surface area contributed by atoms with Crippen molar-refractivity contribution in [2.45, 2.75) is 327 Å². The lowest BCUT2D eigenvalue weighted by molar-refractivity contribution is -0.301. The van der Waals surface area contributed by atoms with Crippen molar-refractivity contribution < 1.29 is 58.2 Å². The topological polar surface area (TPSA) is 175 Å². The van der Waals surface area contributed by atoms with Crippen molar-refractivity contribution in [2.75, 3.05) is 13.2 Å². The molecule has 1 aliphatic rings. The first-order valence-corrected chi connectivity index (χ1v) is 32.3. The van der Waals surface area contributed by atoms with Gasteiger partial charge in [-0.25, -0.2) is 4.79 Å². The highest BCUT2D eigenvalue weighted by Gasteiger charge is 2.50. The van der Waals surface area contributed by atoms with Crippen LogP contribution in [0.2, 0.25) is 0 Å². The van der Waals surface area contributed by atoms with Gasteiger partial charge in [0.05, 0.1) is 6.61 Å². The zero-order valence-corrected chi connectivity index (χ0v) is 50.4. The van der Waals surface area contributed by atoms with E-state index in [9.17, 15) is 34.5 Å². The summed E-state index contributed by atoms with van der Waals surface area (Å²) in [5.74, 6) is -3.14. The molecule has 0 amide bonds. The van der Waals surface area contributed by atoms with Crippen molar-refractivity contribution in [2.24, 2.45) is 0 Å². The number of aliphatic carboxylic acids is 1. The summed E-state index contributed by atoms with van der Waals surface area (Å²) in [5.41, 5.74) is 0. The molecule has 3 N–H and O–H groups in total. The average molecular weight is 1110 g/mol. The van der Waals surface area contributed by atoms with E-state index in [-0.39, 0.29) is 25.9 Å². The molecule has 12 heteroatoms. The number of esters is 3. The SMILES string of the molecule is CC/C=C\C/C=C\C/C=C\CCCCCCCC(=O)OC(COC(=O)CCCCCCCCC/C=C\CCCCCCCC)COC1OC(C(=O)O)C(O)C(O)C1OC(=O)CCCCCCCCC/C=C\CCCCCCCC. The second-order valence-corrected chi connectivity index (χ2v) is 22.0. The Morgan fingerprint density at radius 3 is 1.23 bits per heavy atom. The van der Waals surface area contributed by atoms with E-state index in [2.05, 4.69) is 81.5 Å². The number of ether oxygens (including phenoxy) is 5. The highest BCUT2D eigenvalue weighted by molar-refractivity contribution is 5.74. The molecule has 0 aromatic heterocycles. The number of allylic oxidation sites excluding steroid dienone is 10. The van der Waals surface area contributed by atoms with Crippen LogP contribution in [0.4, 0.5) is 0 Å². The molecule has 1 fully saturated rings. The van der Waals surface area contributed by atoms with Crippen molar-refractivity contribution in [3.63, 3.8) is 0 Å². The number of hydrogen-bond acceptors (Lipinski definition) is 11. The summed E-state index contributed by atoms with van der Waals surface area (Å²) in [4.78, 5) is 51.3. The van der Waals surface area contributed by atoms with Gasteiger partial charge in [0.15, 0.2) is 24.6 Å². The van der Waals surface area contributed by atoms with Gasteiger partial charge in [-0.05, 0) is 103 Å². The van der Waals surface area contributed by atoms with E-state index in [0.29, 0.717) is 19.3 Å². The lowest BCUT2D eigenvalue weighted by Crippen LogP contribution is -2.61. The monoisotopic (exact) mass is 1110 g/mol. The van der Waals surface area contributed by atoms with Crippen LogP contribution in [-0.2, 0) is 42.9 Å². The van der Waals surface area contributed by atoms with Crippen LogP contribution in [0.3, 0.4) is 0 Å². The molecule has 1 saturated heterocycles. The van der Waals surface area contributed by atoms with Crippen LogP contribution in [0.25, 0.3) is 0 Å². The van der Waals surface area contributed by atoms with E-state index in [1.165, 1.54) is 122 Å². The van der Waals surface area contributed by atoms with Crippen LogP contribution in [-0.4, -0.2) is 89.2 Å². The second kappa shape index (κ2) is 55.0. The van der Waals surface area contributed by atoms with Crippen molar-refractivity contribution in [3.8, 4) is 0 Å². The lowest BCUT2D eigenvalue weighted by atomic mass is 9.98. The maximum absolute atomic E-state index is 13.2. The van der Waals surface area contributed by atoms with E-state index in [1.54, 1.807) is 0 Å². The fourth-order valence-corrected chi connectivity index (χ4v) is 9.61. The smallest absolute Gasteiger partial charge is 0.335 e. The third-order valence-electron chi connectivity index (χ3n) is 14.5. The van der Waals surface area contributed by atoms with E-state index < -0.39 is 67.3 Å². The van der Waals surface area contributed by atoms with Crippen LogP contribution in [0.5, 0.6) is 0 Å². The lowest BCUT2D eigenvalue weighted by Gasteiger charge is -2.40. The molecule has 1 rings (SSSR count). The number of carbonyl (C=O) groups excluding carboxylic acids is 3. The Bertz CT molecular complexity index is 1600. The van der Waals surface area contributed by atoms with Crippen LogP contribution in [0.15, 0.2) is 60.8 Å². The van der Waals surface area contributed by atoms with Gasteiger partial charge >= 0.3 is 23.9 Å². The van der Waals surface area contributed by atoms with Crippen molar-refractivity contribution in [1.29, 1.82) is 0 Å². The molecule has 6 atom stereocenters. The number of aliphatic hydroxyl groups excluding tert-OH is 2. The van der Waals surface area contributed by atoms with Crippen LogP contribution in [0.1, 0.15) is 290 Å². The minimum Gasteiger partial charge on any atom is -0.479 e. The number of carbonyl (C=O) groups is 4. The Labute approximate surface area is 481 Å². The summed E-state index contributed by atoms with van der Waals surface area (Å²) in [6, 6.07) is 0. The molecule has 456 valence electrons. The van der Waals surface area contributed by atoms with E-state index >= 15 is 0 Å². The molecule has 0 aromatic carbocycles. The Balaban J connectivity index is 2.67. The number of unbranched alkanes of at least 4 members (excludes halogenated alkanes) is 31. The number of hydrogen-bond donors (Lipinski definition) is 3. The average Bonchev–Trinajstić information content (AvgIpc) is 3.46. The number of rotatable bonds is 55. The maximum Gasteiger partial charge on any atom is 0.335 e. The zero-order chi connectivity index (χ0) is 57.5. The zero-order valence-electron chi connectivity index (χ0n) is 50.4. The van der Waals surface area contributed by atoms with Crippen molar-refractivity contribution in [3.05, 3.63) is 60.8 Å². The highest BCUT2D eigenvalue weighted by atomic mass is 16.7. The summed E-state index contributed by atoms with van der Waals surface area (Å²) < 4.78 is 28.5. The van der Waals surface area contributed by atoms with Gasteiger partial charge < -0.3 is 39.0 Å². The molecule has 1 heterocycles. The van der Waals surface area contributed by atoms with Crippen LogP contribution >= 0.6 is 0 Å². The van der Waals surface area contributed by atoms with Crippen molar-refractivity contribution in [1.82, 2.24) is 0 Å². The fraction of sp³-hybridized carbons (Fsp3) is 0.791. The van der Waals surface area contributed by atoms with Gasteiger partial charge in [-0.1, -0.05) is 229 Å². The number of carboxylic acid groups (broad SMARTS) is 1. The summed E-state index contributed by atoms with van der Waals surface area (Å²) in [5, 5.41) is 31.6. The van der Waals surface area contributed by atoms with Crippen LogP contribution < -0.4 is 0 Å². The molecule has 0 spiro atoms. The van der Waals surface area contributed by atoms with Gasteiger partial charge in [-0.3, -0.25) is 14.4 Å². The summed E-state index contributed by atoms with van der Waals surface area (Å²) in [6.07, 6.45) is 56.0. The largest absolute Gasteiger partial charge is 0.479 e. The van der Waals surface area contributed by atoms with E-state index in [4.69, 9.17) is 23.7 Å². The van der Waals surface area contributed by atoms with Gasteiger partial charge in [0.1, 0.15) is 18.8 Å². The van der Waals surface area contributed by atoms with Gasteiger partial charge in [-0.15, -0.1) is 0 Å². The highest BCUT2D eigenvalue weighted by Crippen LogP contribution is 2.27. The molecule has 6 unspecified atom stereocenters. The third kappa shape index (κ3) is 44.7. The molecule has 0 radical (unpaired) electrons. The van der Waals surface area contributed by atoms with E-state index in [1.807, 2.05) is 0 Å². The van der Waals surface area contributed by atoms with Crippen LogP contribution in [0, 0.1) is 0 Å². The van der Waals surface area contributed by atoms with Gasteiger partial charge in [0.25, 0.3) is 0 Å². The first-order chi connectivity index (χ1) is 38.6. The molecule has 0 bridgehead atoms. The molecule has 0 saturated carbocycles. The standard InChI is InChI=1S/C67H116O12/c1-4-7-10-13-16-19-22-25-28-30-33-35-38-41-44-47-50-53-59(68)75-56-58(77-60(69)54-51-48-45-42-39-36-32-27-24-21-18-15-12-9-6-3)57-76-67-65(63(72)62(71)64(79-67)66(73)74)78-61(70)55-52-49-46-43-40-37-34-31-29-26-23-20-17-14-11-8-5-2/h9,12,18,21,25-29,32,58,62-65,67,71-72H,4-8,10-11,13-17,19-20,22-24,30-31,33-57H2,1-3H3,(H,73,74)/b12-9-,21-18-,28-25-,29-26-,32-27-. The quantitative estimate of drug-likeness (QED) is 0.0228. The fourth-order valence-electron chi connectivity index (χ4n) is 9.61. The summed E-state index contributed by atoms with van der Waals surface area (Å²) in [7, 11) is 0. The molecule has 79 heavy (non-hydrogen) atoms. The Hall–Kier alpha value is -3.58. The summed E-state index contributed by atoms with van der Waals surface area (Å²) in [6.45, 7) is 5.89. The molecule has 0 aliphatic carbocycles. The third-order valence-corrected chi connectivity index (χ3v) is 14.5. The van der Waals surface area contributed by atoms with E-state index in [0.717, 1.165) is 109 Å². The Kier molecular flexibility index (Phi) is 51.1. The molecule has 0 aromatic rings. The predicted molar refractivity (Wildman–Crippen MR) is 322 cm³/mol. The molecule has 12 nitrogen and oxygen atoms in total. The predicted octanol–water partition coefficient (Wildman–Crippen LogP) is 17.1. The Morgan fingerprint density at radius 1 is 0.430 bits per heavy atom. The van der Waals surface area contributed by atoms with Gasteiger partial charge in [0, 0.05) is 19.3 Å². The minimum absolute atomic E-state index is 0.0533. The second-order valence-electron chi connectivity index (χ2n) is 22.0. The summed E-state index contributed by atoms with van der Waals surface area (Å²) >= 11 is 0. The normalized spacial score (nSPS) is 18.2.